The molecule has 0 aliphatic rings. The second-order valence-corrected chi connectivity index (χ2v) is 17.3. The molecule has 0 saturated heterocycles. The molecule has 0 aliphatic carbocycles. The van der Waals surface area contributed by atoms with Gasteiger partial charge in [0.1, 0.15) is 0 Å². The van der Waals surface area contributed by atoms with Gasteiger partial charge in [0, 0.05) is 21.7 Å². The molecular formula is C36H72O8Ti. The predicted molar refractivity (Wildman–Crippen MR) is 182 cm³/mol. The van der Waals surface area contributed by atoms with E-state index >= 15 is 0 Å². The van der Waals surface area contributed by atoms with Crippen LogP contribution < -0.4 is 0 Å². The summed E-state index contributed by atoms with van der Waals surface area (Å²) in [5.74, 6) is -0.500. The van der Waals surface area contributed by atoms with Gasteiger partial charge in [-0.1, -0.05) is 111 Å². The van der Waals surface area contributed by atoms with Crippen LogP contribution in [-0.4, -0.2) is 44.3 Å². The zero-order valence-corrected chi connectivity index (χ0v) is 33.4. The summed E-state index contributed by atoms with van der Waals surface area (Å²) in [7, 11) is 0. The Morgan fingerprint density at radius 1 is 0.378 bits per heavy atom. The second-order valence-electron chi connectivity index (χ2n) is 17.3. The van der Waals surface area contributed by atoms with Gasteiger partial charge in [-0.05, 0) is 71.0 Å². The third kappa shape index (κ3) is 47.1. The first-order chi connectivity index (χ1) is 19.3. The van der Waals surface area contributed by atoms with Gasteiger partial charge in [-0.15, -0.1) is 0 Å². The Kier molecular flexibility index (Phi) is 29.2. The average molecular weight is 681 g/mol. The summed E-state index contributed by atoms with van der Waals surface area (Å²) in [4.78, 5) is 41.6. The fourth-order valence-corrected chi connectivity index (χ4v) is 6.35. The summed E-state index contributed by atoms with van der Waals surface area (Å²) in [5, 5.41) is 34.2. The van der Waals surface area contributed by atoms with Crippen LogP contribution in [0.3, 0.4) is 0 Å². The van der Waals surface area contributed by atoms with Gasteiger partial charge in [-0.2, -0.15) is 0 Å². The molecule has 0 rings (SSSR count). The van der Waals surface area contributed by atoms with Crippen molar-refractivity contribution in [2.24, 2.45) is 45.3 Å². The summed E-state index contributed by atoms with van der Waals surface area (Å²) < 4.78 is 0. The maximum absolute atomic E-state index is 10.4. The van der Waals surface area contributed by atoms with Crippen LogP contribution in [-0.2, 0) is 40.9 Å². The molecule has 0 atom stereocenters. The maximum Gasteiger partial charge on any atom is 0.303 e. The number of rotatable bonds is 16. The molecule has 0 amide bonds. The quantitative estimate of drug-likeness (QED) is 0.118. The molecule has 0 aliphatic heterocycles. The fraction of sp³-hybridized carbons (Fsp3) is 0.889. The van der Waals surface area contributed by atoms with Crippen LogP contribution in [0.2, 0.25) is 0 Å². The number of aliphatic carboxylic acids is 4. The number of carboxylic acids is 4. The van der Waals surface area contributed by atoms with Crippen molar-refractivity contribution in [3.05, 3.63) is 0 Å². The Balaban J connectivity index is -0.000000157. The van der Waals surface area contributed by atoms with Crippen LogP contribution >= 0.6 is 0 Å². The number of hydrogen-bond acceptors (Lipinski definition) is 4. The van der Waals surface area contributed by atoms with E-state index in [1.807, 2.05) is 55.4 Å². The van der Waals surface area contributed by atoms with E-state index in [1.165, 1.54) is 0 Å². The van der Waals surface area contributed by atoms with Crippen LogP contribution in [0.4, 0.5) is 0 Å². The van der Waals surface area contributed by atoms with E-state index in [1.54, 1.807) is 0 Å². The molecule has 0 aromatic rings. The third-order valence-electron chi connectivity index (χ3n) is 6.36. The minimum Gasteiger partial charge on any atom is -0.481 e. The van der Waals surface area contributed by atoms with Gasteiger partial charge >= 0.3 is 23.9 Å². The van der Waals surface area contributed by atoms with Gasteiger partial charge in [0.25, 0.3) is 0 Å². The van der Waals surface area contributed by atoms with Gasteiger partial charge in [-0.25, -0.2) is 0 Å². The summed E-state index contributed by atoms with van der Waals surface area (Å²) in [6, 6.07) is 0. The van der Waals surface area contributed by atoms with Crippen molar-refractivity contribution in [1.29, 1.82) is 0 Å². The van der Waals surface area contributed by atoms with Crippen molar-refractivity contribution in [2.75, 3.05) is 0 Å². The summed E-state index contributed by atoms with van der Waals surface area (Å²) >= 11 is 0. The van der Waals surface area contributed by atoms with E-state index in [-0.39, 0.29) is 69.1 Å². The van der Waals surface area contributed by atoms with Gasteiger partial charge in [0.05, 0.1) is 25.7 Å². The van der Waals surface area contributed by atoms with Crippen LogP contribution in [0.1, 0.15) is 162 Å². The smallest absolute Gasteiger partial charge is 0.303 e. The Bertz CT molecular complexity index is 689. The van der Waals surface area contributed by atoms with E-state index in [4.69, 9.17) is 20.4 Å². The standard InChI is InChI=1S/4C9H18O2.Ti/c4*1-7(2)5-9(3,4)6-8(10)11;/h4*7H,5-6H2,1-4H3,(H,10,11);. The molecule has 0 radical (unpaired) electrons. The third-order valence-corrected chi connectivity index (χ3v) is 6.36. The Hall–Kier alpha value is -1.41. The van der Waals surface area contributed by atoms with Crippen molar-refractivity contribution in [1.82, 2.24) is 0 Å². The first-order valence-corrected chi connectivity index (χ1v) is 16.2. The molecule has 0 fully saturated rings. The Morgan fingerprint density at radius 2 is 0.489 bits per heavy atom. The zero-order valence-electron chi connectivity index (χ0n) is 31.9. The van der Waals surface area contributed by atoms with Gasteiger partial charge in [0.2, 0.25) is 0 Å². The van der Waals surface area contributed by atoms with E-state index in [9.17, 15) is 19.2 Å². The molecule has 0 bridgehead atoms. The van der Waals surface area contributed by atoms with Crippen LogP contribution in [0.25, 0.3) is 0 Å². The number of hydrogen-bond donors (Lipinski definition) is 4. The SMILES string of the molecule is CC(C)CC(C)(C)CC(=O)O.CC(C)CC(C)(C)CC(=O)O.CC(C)CC(C)(C)CC(=O)O.CC(C)CC(C)(C)CC(=O)O.[Ti]. The zero-order chi connectivity index (χ0) is 36.3. The Morgan fingerprint density at radius 3 is 0.556 bits per heavy atom. The Labute approximate surface area is 291 Å². The fourth-order valence-electron chi connectivity index (χ4n) is 6.35. The van der Waals surface area contributed by atoms with Crippen molar-refractivity contribution < 1.29 is 61.3 Å². The van der Waals surface area contributed by atoms with Crippen LogP contribution in [0.5, 0.6) is 0 Å². The largest absolute Gasteiger partial charge is 0.481 e. The molecule has 0 heterocycles. The minimum absolute atomic E-state index is 0. The summed E-state index contributed by atoms with van der Waals surface area (Å²) in [5.41, 5.74) is -0.222. The number of carboxylic acid groups (broad SMARTS) is 4. The van der Waals surface area contributed by atoms with E-state index in [2.05, 4.69) is 55.4 Å². The normalized spacial score (nSPS) is 11.8. The van der Waals surface area contributed by atoms with Gasteiger partial charge in [-0.3, -0.25) is 19.2 Å². The first-order valence-electron chi connectivity index (χ1n) is 16.2. The maximum atomic E-state index is 10.4. The molecule has 0 saturated carbocycles. The molecule has 0 aromatic carbocycles. The molecule has 0 aromatic heterocycles. The topological polar surface area (TPSA) is 149 Å². The van der Waals surface area contributed by atoms with E-state index < -0.39 is 23.9 Å². The van der Waals surface area contributed by atoms with Gasteiger partial charge in [0.15, 0.2) is 0 Å². The number of carbonyl (C=O) groups is 4. The molecule has 9 heteroatoms. The monoisotopic (exact) mass is 680 g/mol. The molecule has 0 unspecified atom stereocenters. The molecule has 268 valence electrons. The van der Waals surface area contributed by atoms with Gasteiger partial charge < -0.3 is 20.4 Å². The van der Waals surface area contributed by atoms with Crippen molar-refractivity contribution >= 4 is 23.9 Å². The predicted octanol–water partition coefficient (Wildman–Crippen LogP) is 10.1. The minimum atomic E-state index is -0.698. The van der Waals surface area contributed by atoms with Crippen molar-refractivity contribution in [3.63, 3.8) is 0 Å². The molecule has 45 heavy (non-hydrogen) atoms. The summed E-state index contributed by atoms with van der Waals surface area (Å²) in [6.07, 6.45) is 4.96. The molecular weight excluding hydrogens is 608 g/mol. The molecule has 4 N–H and O–H groups in total. The molecule has 0 spiro atoms. The van der Waals surface area contributed by atoms with Crippen LogP contribution in [0.15, 0.2) is 0 Å². The second kappa shape index (κ2) is 24.7. The van der Waals surface area contributed by atoms with E-state index in [0.717, 1.165) is 25.7 Å². The first kappa shape index (κ1) is 53.1. The van der Waals surface area contributed by atoms with Crippen molar-refractivity contribution in [3.8, 4) is 0 Å². The van der Waals surface area contributed by atoms with E-state index in [0.29, 0.717) is 23.7 Å². The average Bonchev–Trinajstić information content (AvgIpc) is 2.59. The van der Waals surface area contributed by atoms with Crippen LogP contribution in [0, 0.1) is 45.3 Å². The van der Waals surface area contributed by atoms with Crippen molar-refractivity contribution in [2.45, 2.75) is 162 Å². The summed E-state index contributed by atoms with van der Waals surface area (Å²) in [6.45, 7) is 32.9. The molecule has 8 nitrogen and oxygen atoms in total.